The summed E-state index contributed by atoms with van der Waals surface area (Å²) in [5, 5.41) is 11.3. The number of hydrogen-bond acceptors (Lipinski definition) is 2. The predicted molar refractivity (Wildman–Crippen MR) is 56.1 cm³/mol. The van der Waals surface area contributed by atoms with E-state index in [0.717, 1.165) is 31.6 Å². The molecule has 1 aliphatic rings. The molecule has 2 N–H and O–H groups in total. The molecular weight excluding hydrogens is 200 g/mol. The van der Waals surface area contributed by atoms with E-state index in [-0.39, 0.29) is 6.04 Å². The van der Waals surface area contributed by atoms with E-state index < -0.39 is 19.1 Å². The maximum Gasteiger partial charge on any atom is 0.282 e. The summed E-state index contributed by atoms with van der Waals surface area (Å²) in [7, 11) is 0. The maximum atomic E-state index is 12.7. The summed E-state index contributed by atoms with van der Waals surface area (Å²) in [5.74, 6) is -2.19. The second kappa shape index (κ2) is 5.75. The van der Waals surface area contributed by atoms with Crippen LogP contribution in [0.3, 0.4) is 0 Å². The topological polar surface area (TPSA) is 32.3 Å². The summed E-state index contributed by atoms with van der Waals surface area (Å²) in [5.41, 5.74) is 0. The zero-order valence-corrected chi connectivity index (χ0v) is 9.31. The van der Waals surface area contributed by atoms with Crippen LogP contribution in [0.15, 0.2) is 0 Å². The normalized spacial score (nSPS) is 28.0. The average Bonchev–Trinajstić information content (AvgIpc) is 2.27. The zero-order valence-electron chi connectivity index (χ0n) is 9.31. The first-order chi connectivity index (χ1) is 7.07. The van der Waals surface area contributed by atoms with Gasteiger partial charge in [-0.15, -0.1) is 0 Å². The summed E-state index contributed by atoms with van der Waals surface area (Å²) in [4.78, 5) is 0. The SMILES string of the molecule is CCC1CCC(NCC(F)(F)CO)CC1. The van der Waals surface area contributed by atoms with Crippen molar-refractivity contribution in [2.45, 2.75) is 51.0 Å². The van der Waals surface area contributed by atoms with Crippen molar-refractivity contribution in [2.75, 3.05) is 13.2 Å². The highest BCUT2D eigenvalue weighted by Gasteiger charge is 2.29. The minimum atomic E-state index is -2.97. The van der Waals surface area contributed by atoms with E-state index in [0.29, 0.717) is 0 Å². The molecule has 2 nitrogen and oxygen atoms in total. The number of aliphatic hydroxyl groups excluding tert-OH is 1. The first-order valence-corrected chi connectivity index (χ1v) is 5.79. The fourth-order valence-electron chi connectivity index (χ4n) is 2.12. The van der Waals surface area contributed by atoms with E-state index in [1.807, 2.05) is 0 Å². The Hall–Kier alpha value is -0.220. The van der Waals surface area contributed by atoms with E-state index in [1.54, 1.807) is 0 Å². The lowest BCUT2D eigenvalue weighted by Gasteiger charge is -2.29. The van der Waals surface area contributed by atoms with Gasteiger partial charge in [0.25, 0.3) is 5.92 Å². The third-order valence-electron chi connectivity index (χ3n) is 3.30. The molecule has 0 unspecified atom stereocenters. The van der Waals surface area contributed by atoms with Gasteiger partial charge in [0, 0.05) is 6.04 Å². The average molecular weight is 221 g/mol. The van der Waals surface area contributed by atoms with Gasteiger partial charge < -0.3 is 10.4 Å². The van der Waals surface area contributed by atoms with Gasteiger partial charge in [0.15, 0.2) is 0 Å². The summed E-state index contributed by atoms with van der Waals surface area (Å²) in [6.07, 6.45) is 5.44. The summed E-state index contributed by atoms with van der Waals surface area (Å²) in [6.45, 7) is 0.716. The van der Waals surface area contributed by atoms with Crippen LogP contribution < -0.4 is 5.32 Å². The van der Waals surface area contributed by atoms with Crippen LogP contribution in [0.4, 0.5) is 8.78 Å². The van der Waals surface area contributed by atoms with E-state index in [4.69, 9.17) is 5.11 Å². The molecule has 1 aliphatic carbocycles. The number of nitrogens with one attached hydrogen (secondary N) is 1. The van der Waals surface area contributed by atoms with Crippen molar-refractivity contribution < 1.29 is 13.9 Å². The molecule has 0 heterocycles. The lowest BCUT2D eigenvalue weighted by atomic mass is 9.84. The molecule has 0 aromatic heterocycles. The van der Waals surface area contributed by atoms with Gasteiger partial charge >= 0.3 is 0 Å². The number of hydrogen-bond donors (Lipinski definition) is 2. The fraction of sp³-hybridized carbons (Fsp3) is 1.00. The Labute approximate surface area is 90.1 Å². The van der Waals surface area contributed by atoms with Crippen LogP contribution in [0.2, 0.25) is 0 Å². The molecule has 0 aliphatic heterocycles. The molecule has 0 spiro atoms. The smallest absolute Gasteiger partial charge is 0.282 e. The molecule has 0 aromatic rings. The molecule has 0 saturated heterocycles. The van der Waals surface area contributed by atoms with Gasteiger partial charge in [-0.1, -0.05) is 13.3 Å². The highest BCUT2D eigenvalue weighted by Crippen LogP contribution is 2.26. The first-order valence-electron chi connectivity index (χ1n) is 5.79. The van der Waals surface area contributed by atoms with Crippen LogP contribution >= 0.6 is 0 Å². The third-order valence-corrected chi connectivity index (χ3v) is 3.30. The van der Waals surface area contributed by atoms with Crippen molar-refractivity contribution >= 4 is 0 Å². The Bertz CT molecular complexity index is 179. The van der Waals surface area contributed by atoms with Gasteiger partial charge in [-0.05, 0) is 31.6 Å². The molecule has 4 heteroatoms. The summed E-state index contributed by atoms with van der Waals surface area (Å²) < 4.78 is 25.5. The molecule has 1 rings (SSSR count). The first kappa shape index (κ1) is 12.8. The molecule has 0 radical (unpaired) electrons. The zero-order chi connectivity index (χ0) is 11.3. The molecule has 1 fully saturated rings. The van der Waals surface area contributed by atoms with E-state index in [2.05, 4.69) is 12.2 Å². The molecule has 1 saturated carbocycles. The molecular formula is C11H21F2NO. The standard InChI is InChI=1S/C11H21F2NO/c1-2-9-3-5-10(6-4-9)14-7-11(12,13)8-15/h9-10,14-15H,2-8H2,1H3. The summed E-state index contributed by atoms with van der Waals surface area (Å²) >= 11 is 0. The number of aliphatic hydroxyl groups is 1. The Kier molecular flexibility index (Phi) is 4.93. The highest BCUT2D eigenvalue weighted by atomic mass is 19.3. The van der Waals surface area contributed by atoms with Gasteiger partial charge in [-0.3, -0.25) is 0 Å². The minimum Gasteiger partial charge on any atom is -0.390 e. The fourth-order valence-corrected chi connectivity index (χ4v) is 2.12. The van der Waals surface area contributed by atoms with E-state index in [1.165, 1.54) is 6.42 Å². The lowest BCUT2D eigenvalue weighted by molar-refractivity contribution is -0.0501. The Balaban J connectivity index is 2.19. The quantitative estimate of drug-likeness (QED) is 0.745. The van der Waals surface area contributed by atoms with Crippen LogP contribution in [0.5, 0.6) is 0 Å². The number of alkyl halides is 2. The van der Waals surface area contributed by atoms with Crippen LogP contribution in [0.25, 0.3) is 0 Å². The minimum absolute atomic E-state index is 0.213. The van der Waals surface area contributed by atoms with Gasteiger partial charge in [-0.25, -0.2) is 8.78 Å². The molecule has 0 bridgehead atoms. The Morgan fingerprint density at radius 3 is 2.33 bits per heavy atom. The molecule has 0 atom stereocenters. The van der Waals surface area contributed by atoms with Crippen molar-refractivity contribution in [3.8, 4) is 0 Å². The largest absolute Gasteiger partial charge is 0.390 e. The van der Waals surface area contributed by atoms with E-state index in [9.17, 15) is 8.78 Å². The summed E-state index contributed by atoms with van der Waals surface area (Å²) in [6, 6.07) is 0.213. The second-order valence-electron chi connectivity index (χ2n) is 4.52. The number of rotatable bonds is 5. The second-order valence-corrected chi connectivity index (χ2v) is 4.52. The van der Waals surface area contributed by atoms with Gasteiger partial charge in [-0.2, -0.15) is 0 Å². The van der Waals surface area contributed by atoms with Gasteiger partial charge in [0.2, 0.25) is 0 Å². The van der Waals surface area contributed by atoms with Crippen molar-refractivity contribution in [2.24, 2.45) is 5.92 Å². The molecule has 0 aromatic carbocycles. The monoisotopic (exact) mass is 221 g/mol. The Morgan fingerprint density at radius 2 is 1.87 bits per heavy atom. The van der Waals surface area contributed by atoms with Crippen LogP contribution in [-0.2, 0) is 0 Å². The molecule has 15 heavy (non-hydrogen) atoms. The van der Waals surface area contributed by atoms with Crippen LogP contribution in [-0.4, -0.2) is 30.2 Å². The van der Waals surface area contributed by atoms with Crippen LogP contribution in [0, 0.1) is 5.92 Å². The van der Waals surface area contributed by atoms with Crippen molar-refractivity contribution in [3.63, 3.8) is 0 Å². The lowest BCUT2D eigenvalue weighted by Crippen LogP contribution is -2.42. The van der Waals surface area contributed by atoms with Crippen molar-refractivity contribution in [1.82, 2.24) is 5.32 Å². The predicted octanol–water partition coefficient (Wildman–Crippen LogP) is 2.17. The van der Waals surface area contributed by atoms with Gasteiger partial charge in [0.1, 0.15) is 6.61 Å². The van der Waals surface area contributed by atoms with E-state index >= 15 is 0 Å². The van der Waals surface area contributed by atoms with Gasteiger partial charge in [0.05, 0.1) is 6.54 Å². The Morgan fingerprint density at radius 1 is 1.27 bits per heavy atom. The molecule has 0 amide bonds. The maximum absolute atomic E-state index is 12.7. The van der Waals surface area contributed by atoms with Crippen molar-refractivity contribution in [3.05, 3.63) is 0 Å². The highest BCUT2D eigenvalue weighted by molar-refractivity contribution is 4.79. The third kappa shape index (κ3) is 4.43. The molecule has 90 valence electrons. The number of halogens is 2. The van der Waals surface area contributed by atoms with Crippen molar-refractivity contribution in [1.29, 1.82) is 0 Å². The van der Waals surface area contributed by atoms with Crippen LogP contribution in [0.1, 0.15) is 39.0 Å².